The van der Waals surface area contributed by atoms with E-state index in [-0.39, 0.29) is 37.0 Å². The number of ether oxygens (including phenoxy) is 1. The summed E-state index contributed by atoms with van der Waals surface area (Å²) in [5.74, 6) is -1.15. The van der Waals surface area contributed by atoms with Crippen molar-refractivity contribution in [1.82, 2.24) is 4.90 Å². The van der Waals surface area contributed by atoms with Crippen LogP contribution in [0.25, 0.3) is 0 Å². The van der Waals surface area contributed by atoms with Gasteiger partial charge in [-0.25, -0.2) is 9.18 Å². The second-order valence-corrected chi connectivity index (χ2v) is 5.30. The van der Waals surface area contributed by atoms with Crippen molar-refractivity contribution in [2.45, 2.75) is 13.1 Å². The van der Waals surface area contributed by atoms with Crippen LogP contribution in [0.3, 0.4) is 0 Å². The molecule has 0 fully saturated rings. The maximum Gasteiger partial charge on any atom is 0.335 e. The Morgan fingerprint density at radius 2 is 2.09 bits per heavy atom. The van der Waals surface area contributed by atoms with E-state index in [2.05, 4.69) is 0 Å². The number of carbonyl (C=O) groups excluding carboxylic acids is 1. The van der Waals surface area contributed by atoms with Crippen molar-refractivity contribution in [3.05, 3.63) is 65.0 Å². The van der Waals surface area contributed by atoms with E-state index in [9.17, 15) is 14.0 Å². The van der Waals surface area contributed by atoms with Crippen molar-refractivity contribution in [3.63, 3.8) is 0 Å². The lowest BCUT2D eigenvalue weighted by atomic mass is 10.1. The van der Waals surface area contributed by atoms with Crippen LogP contribution in [-0.2, 0) is 17.9 Å². The van der Waals surface area contributed by atoms with Gasteiger partial charge in [0.25, 0.3) is 5.91 Å². The minimum atomic E-state index is -1.04. The first-order chi connectivity index (χ1) is 11.0. The standard InChI is InChI=1S/C17H14FNO4/c18-14-3-1-2-11(6-14)8-19-9-13-7-12(17(21)22)4-5-15(13)23-10-16(19)20/h1-7H,8-10H2,(H,21,22). The Kier molecular flexibility index (Phi) is 3.97. The Labute approximate surface area is 131 Å². The Balaban J connectivity index is 1.88. The number of hydrogen-bond donors (Lipinski definition) is 1. The van der Waals surface area contributed by atoms with Crippen molar-refractivity contribution in [2.75, 3.05) is 6.61 Å². The van der Waals surface area contributed by atoms with E-state index in [4.69, 9.17) is 9.84 Å². The fourth-order valence-electron chi connectivity index (χ4n) is 2.50. The number of fused-ring (bicyclic) bond motifs is 1. The van der Waals surface area contributed by atoms with Crippen LogP contribution in [0.1, 0.15) is 21.5 Å². The highest BCUT2D eigenvalue weighted by atomic mass is 19.1. The quantitative estimate of drug-likeness (QED) is 0.945. The van der Waals surface area contributed by atoms with Crippen LogP contribution in [0.5, 0.6) is 5.75 Å². The molecule has 1 aliphatic rings. The Morgan fingerprint density at radius 3 is 2.83 bits per heavy atom. The number of carboxylic acids is 1. The van der Waals surface area contributed by atoms with Gasteiger partial charge in [0.2, 0.25) is 0 Å². The number of hydrogen-bond acceptors (Lipinski definition) is 3. The van der Waals surface area contributed by atoms with Crippen LogP contribution in [0.15, 0.2) is 42.5 Å². The smallest absolute Gasteiger partial charge is 0.335 e. The average molecular weight is 315 g/mol. The molecular weight excluding hydrogens is 301 g/mol. The van der Waals surface area contributed by atoms with E-state index in [0.29, 0.717) is 16.9 Å². The normalized spacial score (nSPS) is 14.0. The summed E-state index contributed by atoms with van der Waals surface area (Å²) in [7, 11) is 0. The first-order valence-electron chi connectivity index (χ1n) is 7.04. The van der Waals surface area contributed by atoms with Crippen LogP contribution in [0.2, 0.25) is 0 Å². The maximum atomic E-state index is 13.3. The van der Waals surface area contributed by atoms with Crippen molar-refractivity contribution >= 4 is 11.9 Å². The fraction of sp³-hybridized carbons (Fsp3) is 0.176. The molecule has 0 atom stereocenters. The van der Waals surface area contributed by atoms with Gasteiger partial charge in [-0.3, -0.25) is 4.79 Å². The third kappa shape index (κ3) is 3.31. The van der Waals surface area contributed by atoms with Crippen molar-refractivity contribution in [2.24, 2.45) is 0 Å². The van der Waals surface area contributed by atoms with Gasteiger partial charge in [-0.1, -0.05) is 12.1 Å². The van der Waals surface area contributed by atoms with E-state index in [1.165, 1.54) is 29.2 Å². The molecule has 0 unspecified atom stereocenters. The first-order valence-corrected chi connectivity index (χ1v) is 7.04. The molecule has 118 valence electrons. The van der Waals surface area contributed by atoms with Crippen LogP contribution >= 0.6 is 0 Å². The number of carboxylic acid groups (broad SMARTS) is 1. The molecule has 0 spiro atoms. The highest BCUT2D eigenvalue weighted by molar-refractivity contribution is 5.88. The zero-order valence-corrected chi connectivity index (χ0v) is 12.2. The van der Waals surface area contributed by atoms with Gasteiger partial charge >= 0.3 is 5.97 Å². The predicted octanol–water partition coefficient (Wildman–Crippen LogP) is 2.45. The Morgan fingerprint density at radius 1 is 1.26 bits per heavy atom. The van der Waals surface area contributed by atoms with Crippen molar-refractivity contribution in [1.29, 1.82) is 0 Å². The molecule has 6 heteroatoms. The molecule has 0 aromatic heterocycles. The number of halogens is 1. The second-order valence-electron chi connectivity index (χ2n) is 5.30. The number of aromatic carboxylic acids is 1. The summed E-state index contributed by atoms with van der Waals surface area (Å²) >= 11 is 0. The molecule has 0 saturated heterocycles. The predicted molar refractivity (Wildman–Crippen MR) is 79.6 cm³/mol. The summed E-state index contributed by atoms with van der Waals surface area (Å²) in [6, 6.07) is 10.5. The van der Waals surface area contributed by atoms with Gasteiger partial charge in [0.15, 0.2) is 6.61 Å². The second kappa shape index (κ2) is 6.08. The van der Waals surface area contributed by atoms with Crippen LogP contribution in [0.4, 0.5) is 4.39 Å². The summed E-state index contributed by atoms with van der Waals surface area (Å²) in [4.78, 5) is 24.8. The molecule has 0 bridgehead atoms. The summed E-state index contributed by atoms with van der Waals surface area (Å²) in [5.41, 5.74) is 1.41. The zero-order valence-electron chi connectivity index (χ0n) is 12.2. The SMILES string of the molecule is O=C(O)c1ccc2c(c1)CN(Cc1cccc(F)c1)C(=O)CO2. The van der Waals surface area contributed by atoms with Crippen molar-refractivity contribution in [3.8, 4) is 5.75 Å². The Bertz CT molecular complexity index is 775. The highest BCUT2D eigenvalue weighted by Crippen LogP contribution is 2.25. The molecule has 2 aromatic rings. The van der Waals surface area contributed by atoms with E-state index >= 15 is 0 Å². The van der Waals surface area contributed by atoms with Gasteiger partial charge in [-0.2, -0.15) is 0 Å². The molecular formula is C17H14FNO4. The summed E-state index contributed by atoms with van der Waals surface area (Å²) in [5, 5.41) is 9.08. The molecule has 1 amide bonds. The molecule has 23 heavy (non-hydrogen) atoms. The van der Waals surface area contributed by atoms with Gasteiger partial charge in [0.1, 0.15) is 11.6 Å². The summed E-state index contributed by atoms with van der Waals surface area (Å²) in [6.07, 6.45) is 0. The molecule has 1 N–H and O–H groups in total. The molecule has 1 heterocycles. The summed E-state index contributed by atoms with van der Waals surface area (Å²) in [6.45, 7) is 0.317. The van der Waals surface area contributed by atoms with Gasteiger partial charge in [-0.15, -0.1) is 0 Å². The fourth-order valence-corrected chi connectivity index (χ4v) is 2.50. The van der Waals surface area contributed by atoms with Gasteiger partial charge in [0.05, 0.1) is 5.56 Å². The van der Waals surface area contributed by atoms with E-state index in [1.54, 1.807) is 18.2 Å². The summed E-state index contributed by atoms with van der Waals surface area (Å²) < 4.78 is 18.7. The van der Waals surface area contributed by atoms with Crippen LogP contribution < -0.4 is 4.74 Å². The molecule has 3 rings (SSSR count). The van der Waals surface area contributed by atoms with Crippen LogP contribution in [0, 0.1) is 5.82 Å². The molecule has 0 aliphatic carbocycles. The van der Waals surface area contributed by atoms with E-state index in [1.807, 2.05) is 0 Å². The third-order valence-corrected chi connectivity index (χ3v) is 3.63. The largest absolute Gasteiger partial charge is 0.483 e. The zero-order chi connectivity index (χ0) is 16.4. The lowest BCUT2D eigenvalue weighted by molar-refractivity contribution is -0.133. The molecule has 1 aliphatic heterocycles. The topological polar surface area (TPSA) is 66.8 Å². The first kappa shape index (κ1) is 15.0. The van der Waals surface area contributed by atoms with Gasteiger partial charge in [0, 0.05) is 18.7 Å². The van der Waals surface area contributed by atoms with Gasteiger partial charge in [-0.05, 0) is 35.9 Å². The minimum Gasteiger partial charge on any atom is -0.483 e. The number of nitrogens with zero attached hydrogens (tertiary/aromatic N) is 1. The maximum absolute atomic E-state index is 13.3. The molecule has 2 aromatic carbocycles. The third-order valence-electron chi connectivity index (χ3n) is 3.63. The molecule has 5 nitrogen and oxygen atoms in total. The monoisotopic (exact) mass is 315 g/mol. The van der Waals surface area contributed by atoms with Crippen LogP contribution in [-0.4, -0.2) is 28.5 Å². The van der Waals surface area contributed by atoms with E-state index in [0.717, 1.165) is 0 Å². The lowest BCUT2D eigenvalue weighted by Crippen LogP contribution is -2.31. The van der Waals surface area contributed by atoms with Gasteiger partial charge < -0.3 is 14.7 Å². The lowest BCUT2D eigenvalue weighted by Gasteiger charge is -2.20. The number of carbonyl (C=O) groups is 2. The minimum absolute atomic E-state index is 0.130. The number of benzene rings is 2. The highest BCUT2D eigenvalue weighted by Gasteiger charge is 2.22. The van der Waals surface area contributed by atoms with Crippen molar-refractivity contribution < 1.29 is 23.8 Å². The number of rotatable bonds is 3. The average Bonchev–Trinajstić information content (AvgIpc) is 2.66. The molecule has 0 saturated carbocycles. The van der Waals surface area contributed by atoms with E-state index < -0.39 is 5.97 Å². The Hall–Kier alpha value is -2.89. The number of amides is 1. The molecule has 0 radical (unpaired) electrons.